The molecule has 0 saturated carbocycles. The summed E-state index contributed by atoms with van der Waals surface area (Å²) in [6.45, 7) is 7.49. The number of hydrogen-bond donors (Lipinski definition) is 1. The van der Waals surface area contributed by atoms with Gasteiger partial charge in [0.25, 0.3) is 0 Å². The zero-order valence-electron chi connectivity index (χ0n) is 12.9. The molecule has 0 aliphatic carbocycles. The minimum atomic E-state index is -0.105. The Balaban J connectivity index is 2.33. The zero-order valence-corrected chi connectivity index (χ0v) is 12.9. The quantitative estimate of drug-likeness (QED) is 0.909. The van der Waals surface area contributed by atoms with Crippen molar-refractivity contribution in [2.75, 3.05) is 11.4 Å². The van der Waals surface area contributed by atoms with Crippen molar-refractivity contribution in [3.05, 3.63) is 29.6 Å². The Hall–Kier alpha value is -1.09. The molecule has 1 heterocycles. The van der Waals surface area contributed by atoms with Crippen molar-refractivity contribution in [2.45, 2.75) is 58.5 Å². The lowest BCUT2D eigenvalue weighted by Gasteiger charge is -2.41. The Labute approximate surface area is 122 Å². The van der Waals surface area contributed by atoms with Crippen LogP contribution in [0.2, 0.25) is 0 Å². The maximum Gasteiger partial charge on any atom is 0.146 e. The molecule has 0 aromatic heterocycles. The van der Waals surface area contributed by atoms with Gasteiger partial charge in [-0.1, -0.05) is 26.0 Å². The van der Waals surface area contributed by atoms with Gasteiger partial charge >= 0.3 is 0 Å². The summed E-state index contributed by atoms with van der Waals surface area (Å²) < 4.78 is 14.4. The second-order valence-electron chi connectivity index (χ2n) is 6.17. The van der Waals surface area contributed by atoms with Gasteiger partial charge in [-0.2, -0.15) is 0 Å². The molecule has 3 unspecified atom stereocenters. The molecule has 2 N–H and O–H groups in total. The molecule has 0 bridgehead atoms. The van der Waals surface area contributed by atoms with Gasteiger partial charge in [-0.3, -0.25) is 0 Å². The highest BCUT2D eigenvalue weighted by Gasteiger charge is 2.28. The second-order valence-corrected chi connectivity index (χ2v) is 6.17. The molecule has 0 amide bonds. The predicted molar refractivity (Wildman–Crippen MR) is 83.6 cm³/mol. The van der Waals surface area contributed by atoms with Crippen molar-refractivity contribution in [2.24, 2.45) is 11.7 Å². The number of benzene rings is 1. The standard InChI is InChI=1S/C17H27FN2/c1-4-15(19)11-14-8-5-9-16(18)17(14)20-10-6-7-12(2)13(20)3/h5,8-9,12-13,15H,4,6-7,10-11,19H2,1-3H3. The first-order chi connectivity index (χ1) is 9.54. The predicted octanol–water partition coefficient (Wildman–Crippen LogP) is 3.73. The number of piperidine rings is 1. The van der Waals surface area contributed by atoms with Crippen molar-refractivity contribution < 1.29 is 4.39 Å². The van der Waals surface area contributed by atoms with Crippen LogP contribution in [0.5, 0.6) is 0 Å². The van der Waals surface area contributed by atoms with E-state index in [1.807, 2.05) is 6.07 Å². The molecule has 20 heavy (non-hydrogen) atoms. The van der Waals surface area contributed by atoms with Crippen molar-refractivity contribution in [3.8, 4) is 0 Å². The minimum absolute atomic E-state index is 0.105. The highest BCUT2D eigenvalue weighted by molar-refractivity contribution is 5.56. The topological polar surface area (TPSA) is 29.3 Å². The van der Waals surface area contributed by atoms with Crippen LogP contribution in [0.1, 0.15) is 45.6 Å². The largest absolute Gasteiger partial charge is 0.366 e. The Morgan fingerprint density at radius 2 is 2.15 bits per heavy atom. The number of halogens is 1. The van der Waals surface area contributed by atoms with Crippen LogP contribution in [0, 0.1) is 11.7 Å². The van der Waals surface area contributed by atoms with Crippen LogP contribution < -0.4 is 10.6 Å². The van der Waals surface area contributed by atoms with E-state index in [0.717, 1.165) is 37.1 Å². The fourth-order valence-corrected chi connectivity index (χ4v) is 3.12. The molecule has 0 radical (unpaired) electrons. The Morgan fingerprint density at radius 1 is 1.40 bits per heavy atom. The minimum Gasteiger partial charge on any atom is -0.366 e. The zero-order chi connectivity index (χ0) is 14.7. The van der Waals surface area contributed by atoms with E-state index in [2.05, 4.69) is 25.7 Å². The normalized spacial score (nSPS) is 24.8. The number of rotatable bonds is 4. The van der Waals surface area contributed by atoms with Crippen LogP contribution in [-0.2, 0) is 6.42 Å². The molecule has 0 spiro atoms. The molecular formula is C17H27FN2. The fourth-order valence-electron chi connectivity index (χ4n) is 3.12. The van der Waals surface area contributed by atoms with Crippen LogP contribution in [0.25, 0.3) is 0 Å². The van der Waals surface area contributed by atoms with E-state index < -0.39 is 0 Å². The first-order valence-electron chi connectivity index (χ1n) is 7.84. The SMILES string of the molecule is CCC(N)Cc1cccc(F)c1N1CCCC(C)C1C. The summed E-state index contributed by atoms with van der Waals surface area (Å²) in [5.74, 6) is 0.503. The van der Waals surface area contributed by atoms with E-state index >= 15 is 0 Å². The lowest BCUT2D eigenvalue weighted by molar-refractivity contribution is 0.359. The molecule has 112 valence electrons. The first kappa shape index (κ1) is 15.3. The molecule has 3 heteroatoms. The van der Waals surface area contributed by atoms with Gasteiger partial charge in [0.15, 0.2) is 0 Å². The molecule has 1 fully saturated rings. The van der Waals surface area contributed by atoms with Crippen molar-refractivity contribution in [3.63, 3.8) is 0 Å². The van der Waals surface area contributed by atoms with Crippen LogP contribution in [0.4, 0.5) is 10.1 Å². The van der Waals surface area contributed by atoms with E-state index in [1.165, 1.54) is 6.42 Å². The monoisotopic (exact) mass is 278 g/mol. The molecule has 1 aliphatic rings. The molecule has 1 saturated heterocycles. The maximum atomic E-state index is 14.4. The van der Waals surface area contributed by atoms with Crippen molar-refractivity contribution >= 4 is 5.69 Å². The number of anilines is 1. The van der Waals surface area contributed by atoms with Gasteiger partial charge in [0, 0.05) is 18.6 Å². The Morgan fingerprint density at radius 3 is 2.85 bits per heavy atom. The van der Waals surface area contributed by atoms with Crippen molar-refractivity contribution in [1.29, 1.82) is 0 Å². The number of hydrogen-bond acceptors (Lipinski definition) is 2. The van der Waals surface area contributed by atoms with Gasteiger partial charge < -0.3 is 10.6 Å². The average molecular weight is 278 g/mol. The molecule has 1 aromatic rings. The van der Waals surface area contributed by atoms with Gasteiger partial charge in [-0.05, 0) is 50.2 Å². The fraction of sp³-hybridized carbons (Fsp3) is 0.647. The van der Waals surface area contributed by atoms with Gasteiger partial charge in [0.05, 0.1) is 5.69 Å². The second kappa shape index (κ2) is 6.57. The summed E-state index contributed by atoms with van der Waals surface area (Å²) >= 11 is 0. The van der Waals surface area contributed by atoms with E-state index in [9.17, 15) is 4.39 Å². The third-order valence-corrected chi connectivity index (χ3v) is 4.74. The number of nitrogens with zero attached hydrogens (tertiary/aromatic N) is 1. The summed E-state index contributed by atoms with van der Waals surface area (Å²) in [6, 6.07) is 5.89. The first-order valence-corrected chi connectivity index (χ1v) is 7.84. The van der Waals surface area contributed by atoms with E-state index in [-0.39, 0.29) is 11.9 Å². The van der Waals surface area contributed by atoms with E-state index in [4.69, 9.17) is 5.73 Å². The third kappa shape index (κ3) is 3.14. The summed E-state index contributed by atoms with van der Waals surface area (Å²) in [5.41, 5.74) is 7.92. The van der Waals surface area contributed by atoms with Crippen LogP contribution >= 0.6 is 0 Å². The average Bonchev–Trinajstić information content (AvgIpc) is 2.43. The third-order valence-electron chi connectivity index (χ3n) is 4.74. The molecule has 1 aromatic carbocycles. The van der Waals surface area contributed by atoms with Crippen LogP contribution in [-0.4, -0.2) is 18.6 Å². The smallest absolute Gasteiger partial charge is 0.146 e. The summed E-state index contributed by atoms with van der Waals surface area (Å²) in [7, 11) is 0. The van der Waals surface area contributed by atoms with Crippen LogP contribution in [0.3, 0.4) is 0 Å². The molecule has 2 rings (SSSR count). The summed E-state index contributed by atoms with van der Waals surface area (Å²) in [6.07, 6.45) is 4.04. The lowest BCUT2D eigenvalue weighted by atomic mass is 9.90. The van der Waals surface area contributed by atoms with Crippen LogP contribution in [0.15, 0.2) is 18.2 Å². The van der Waals surface area contributed by atoms with E-state index in [1.54, 1.807) is 12.1 Å². The highest BCUT2D eigenvalue weighted by Crippen LogP contribution is 2.33. The van der Waals surface area contributed by atoms with Gasteiger partial charge in [-0.25, -0.2) is 4.39 Å². The Kier molecular flexibility index (Phi) is 5.03. The van der Waals surface area contributed by atoms with E-state index in [0.29, 0.717) is 12.0 Å². The van der Waals surface area contributed by atoms with Gasteiger partial charge in [0.2, 0.25) is 0 Å². The van der Waals surface area contributed by atoms with Gasteiger partial charge in [0.1, 0.15) is 5.82 Å². The summed E-state index contributed by atoms with van der Waals surface area (Å²) in [4.78, 5) is 2.25. The van der Waals surface area contributed by atoms with Gasteiger partial charge in [-0.15, -0.1) is 0 Å². The highest BCUT2D eigenvalue weighted by atomic mass is 19.1. The Bertz CT molecular complexity index is 447. The molecule has 2 nitrogen and oxygen atoms in total. The lowest BCUT2D eigenvalue weighted by Crippen LogP contribution is -2.43. The molecule has 1 aliphatic heterocycles. The number of para-hydroxylation sites is 1. The maximum absolute atomic E-state index is 14.4. The molecular weight excluding hydrogens is 251 g/mol. The number of nitrogens with two attached hydrogens (primary N) is 1. The molecule has 3 atom stereocenters. The van der Waals surface area contributed by atoms with Crippen molar-refractivity contribution in [1.82, 2.24) is 0 Å². The summed E-state index contributed by atoms with van der Waals surface area (Å²) in [5, 5.41) is 0.